The van der Waals surface area contributed by atoms with Crippen LogP contribution in [0.15, 0.2) is 83.8 Å². The molecule has 0 heterocycles. The van der Waals surface area contributed by atoms with Crippen molar-refractivity contribution in [2.75, 3.05) is 20.6 Å². The van der Waals surface area contributed by atoms with E-state index in [1.807, 2.05) is 0 Å². The molecule has 0 radical (unpaired) electrons. The summed E-state index contributed by atoms with van der Waals surface area (Å²) in [6.07, 6.45) is 1.01. The van der Waals surface area contributed by atoms with Crippen LogP contribution >= 0.6 is 0 Å². The molecular weight excluding hydrogens is 469 g/mol. The van der Waals surface area contributed by atoms with Crippen LogP contribution in [0.3, 0.4) is 0 Å². The highest BCUT2D eigenvalue weighted by molar-refractivity contribution is 7.92. The van der Waals surface area contributed by atoms with Crippen LogP contribution in [0.25, 0.3) is 0 Å². The summed E-state index contributed by atoms with van der Waals surface area (Å²) in [5.74, 6) is -1.08. The molecule has 0 unspecified atom stereocenters. The molecule has 0 aliphatic carbocycles. The van der Waals surface area contributed by atoms with Crippen LogP contribution < -0.4 is 14.3 Å². The number of carbonyl (C=O) groups excluding carboxylic acids is 1. The molecule has 0 saturated heterocycles. The molecule has 1 amide bonds. The number of rotatable bonds is 8. The minimum atomic E-state index is -3.93. The molecule has 0 aliphatic heterocycles. The minimum absolute atomic E-state index is 0.0695. The van der Waals surface area contributed by atoms with Crippen LogP contribution in [0.4, 0.5) is 21.5 Å². The zero-order chi connectivity index (χ0) is 24.2. The lowest BCUT2D eigenvalue weighted by Crippen LogP contribution is -2.45. The molecule has 3 rings (SSSR count). The molecule has 2 N–H and O–H groups in total. The normalized spacial score (nSPS) is 12.6. The van der Waals surface area contributed by atoms with Gasteiger partial charge >= 0.3 is 0 Å². The van der Waals surface area contributed by atoms with E-state index < -0.39 is 37.8 Å². The number of amides is 1. The lowest BCUT2D eigenvalue weighted by Gasteiger charge is -2.28. The van der Waals surface area contributed by atoms with Crippen molar-refractivity contribution in [2.45, 2.75) is 17.9 Å². The molecule has 8 nitrogen and oxygen atoms in total. The molecule has 0 bridgehead atoms. The summed E-state index contributed by atoms with van der Waals surface area (Å²) >= 11 is 0. The van der Waals surface area contributed by atoms with Crippen molar-refractivity contribution in [1.82, 2.24) is 0 Å². The van der Waals surface area contributed by atoms with Gasteiger partial charge in [0, 0.05) is 11.4 Å². The molecule has 1 atom stereocenters. The second-order valence-corrected chi connectivity index (χ2v) is 10.7. The molecule has 33 heavy (non-hydrogen) atoms. The van der Waals surface area contributed by atoms with Crippen LogP contribution in [0.2, 0.25) is 0 Å². The van der Waals surface area contributed by atoms with E-state index in [0.717, 1.165) is 22.7 Å². The topological polar surface area (TPSA) is 113 Å². The Morgan fingerprint density at radius 3 is 1.94 bits per heavy atom. The first-order valence-electron chi connectivity index (χ1n) is 9.71. The number of para-hydroxylation sites is 1. The number of nitrogens with one attached hydrogen (secondary N) is 2. The van der Waals surface area contributed by atoms with E-state index in [9.17, 15) is 26.0 Å². The van der Waals surface area contributed by atoms with Gasteiger partial charge in [0.1, 0.15) is 11.9 Å². The van der Waals surface area contributed by atoms with Gasteiger partial charge in [0.2, 0.25) is 15.9 Å². The predicted octanol–water partition coefficient (Wildman–Crippen LogP) is 3.42. The summed E-state index contributed by atoms with van der Waals surface area (Å²) in [6, 6.07) is 17.4. The lowest BCUT2D eigenvalue weighted by molar-refractivity contribution is -0.116. The van der Waals surface area contributed by atoms with E-state index in [0.29, 0.717) is 5.69 Å². The first-order chi connectivity index (χ1) is 15.5. The molecule has 0 aliphatic rings. The number of benzene rings is 3. The number of halogens is 1. The monoisotopic (exact) mass is 491 g/mol. The fraction of sp³-hybridized carbons (Fsp3) is 0.136. The Morgan fingerprint density at radius 2 is 1.39 bits per heavy atom. The summed E-state index contributed by atoms with van der Waals surface area (Å²) in [4.78, 5) is 12.7. The van der Waals surface area contributed by atoms with Crippen molar-refractivity contribution in [3.05, 3.63) is 84.7 Å². The van der Waals surface area contributed by atoms with Crippen LogP contribution in [0.5, 0.6) is 0 Å². The number of anilines is 3. The summed E-state index contributed by atoms with van der Waals surface area (Å²) in [5.41, 5.74) is 0.828. The second-order valence-electron chi connectivity index (χ2n) is 7.20. The Kier molecular flexibility index (Phi) is 7.04. The molecule has 174 valence electrons. The van der Waals surface area contributed by atoms with E-state index in [4.69, 9.17) is 0 Å². The molecule has 0 aromatic heterocycles. The zero-order valence-electron chi connectivity index (χ0n) is 17.8. The number of carbonyl (C=O) groups is 1. The Bertz CT molecular complexity index is 1330. The van der Waals surface area contributed by atoms with Gasteiger partial charge in [-0.1, -0.05) is 18.2 Å². The van der Waals surface area contributed by atoms with Crippen LogP contribution in [0, 0.1) is 5.82 Å². The minimum Gasteiger partial charge on any atom is -0.324 e. The van der Waals surface area contributed by atoms with Crippen molar-refractivity contribution in [3.63, 3.8) is 0 Å². The number of nitrogens with zero attached hydrogens (tertiary/aromatic N) is 1. The summed E-state index contributed by atoms with van der Waals surface area (Å²) < 4.78 is 66.0. The van der Waals surface area contributed by atoms with Gasteiger partial charge in [-0.05, 0) is 67.6 Å². The maximum absolute atomic E-state index is 13.0. The van der Waals surface area contributed by atoms with Gasteiger partial charge in [-0.15, -0.1) is 0 Å². The molecule has 0 saturated carbocycles. The lowest BCUT2D eigenvalue weighted by atomic mass is 10.2. The SMILES string of the molecule is C[C@H](C(=O)Nc1ccc(S(=O)(=O)Nc2ccc(F)cc2)cc1)N(c1ccccc1)S(C)(=O)=O. The standard InChI is InChI=1S/C22H22FN3O5S2/c1-16(26(32(2,28)29)20-6-4-3-5-7-20)22(27)24-18-12-14-21(15-13-18)33(30,31)25-19-10-8-17(23)9-11-19/h3-16,25H,1-2H3,(H,24,27)/t16-/m1/s1. The largest absolute Gasteiger partial charge is 0.324 e. The molecule has 0 spiro atoms. The Labute approximate surface area is 192 Å². The van der Waals surface area contributed by atoms with E-state index in [1.165, 1.54) is 43.3 Å². The molecule has 0 fully saturated rings. The number of hydrogen-bond donors (Lipinski definition) is 2. The van der Waals surface area contributed by atoms with Gasteiger partial charge < -0.3 is 5.32 Å². The smallest absolute Gasteiger partial charge is 0.261 e. The van der Waals surface area contributed by atoms with Crippen LogP contribution in [-0.2, 0) is 24.8 Å². The summed E-state index contributed by atoms with van der Waals surface area (Å²) in [6.45, 7) is 1.45. The maximum Gasteiger partial charge on any atom is 0.261 e. The molecule has 3 aromatic carbocycles. The maximum atomic E-state index is 13.0. The van der Waals surface area contributed by atoms with Gasteiger partial charge in [-0.25, -0.2) is 21.2 Å². The van der Waals surface area contributed by atoms with E-state index in [2.05, 4.69) is 10.0 Å². The molecule has 3 aromatic rings. The molecular formula is C22H22FN3O5S2. The Balaban J connectivity index is 1.74. The van der Waals surface area contributed by atoms with Crippen molar-refractivity contribution in [1.29, 1.82) is 0 Å². The summed E-state index contributed by atoms with van der Waals surface area (Å²) in [7, 11) is -7.68. The van der Waals surface area contributed by atoms with Crippen molar-refractivity contribution < 1.29 is 26.0 Å². The van der Waals surface area contributed by atoms with E-state index in [1.54, 1.807) is 30.3 Å². The second kappa shape index (κ2) is 9.59. The van der Waals surface area contributed by atoms with Gasteiger partial charge in [0.05, 0.1) is 16.8 Å². The fourth-order valence-corrected chi connectivity index (χ4v) is 5.31. The average molecular weight is 492 g/mol. The first kappa shape index (κ1) is 24.2. The first-order valence-corrected chi connectivity index (χ1v) is 13.0. The van der Waals surface area contributed by atoms with Crippen molar-refractivity contribution in [3.8, 4) is 0 Å². The Morgan fingerprint density at radius 1 is 0.848 bits per heavy atom. The zero-order valence-corrected chi connectivity index (χ0v) is 19.4. The average Bonchev–Trinajstić information content (AvgIpc) is 2.75. The van der Waals surface area contributed by atoms with Gasteiger partial charge in [-0.3, -0.25) is 13.8 Å². The van der Waals surface area contributed by atoms with Gasteiger partial charge in [-0.2, -0.15) is 0 Å². The number of sulfonamides is 2. The molecule has 11 heteroatoms. The van der Waals surface area contributed by atoms with Crippen LogP contribution in [0.1, 0.15) is 6.92 Å². The van der Waals surface area contributed by atoms with Gasteiger partial charge in [0.25, 0.3) is 10.0 Å². The quantitative estimate of drug-likeness (QED) is 0.501. The highest BCUT2D eigenvalue weighted by atomic mass is 32.2. The van der Waals surface area contributed by atoms with E-state index >= 15 is 0 Å². The third-order valence-electron chi connectivity index (χ3n) is 4.63. The van der Waals surface area contributed by atoms with Crippen LogP contribution in [-0.4, -0.2) is 35.0 Å². The fourth-order valence-electron chi connectivity index (χ4n) is 3.08. The van der Waals surface area contributed by atoms with Crippen molar-refractivity contribution >= 4 is 43.0 Å². The van der Waals surface area contributed by atoms with Crippen molar-refractivity contribution in [2.24, 2.45) is 0 Å². The third kappa shape index (κ3) is 6.08. The third-order valence-corrected chi connectivity index (χ3v) is 7.27. The van der Waals surface area contributed by atoms with E-state index in [-0.39, 0.29) is 16.3 Å². The Hall–Kier alpha value is -3.44. The predicted molar refractivity (Wildman–Crippen MR) is 126 cm³/mol. The number of hydrogen-bond acceptors (Lipinski definition) is 5. The van der Waals surface area contributed by atoms with Gasteiger partial charge in [0.15, 0.2) is 0 Å². The highest BCUT2D eigenvalue weighted by Crippen LogP contribution is 2.22. The summed E-state index contributed by atoms with van der Waals surface area (Å²) in [5, 5.41) is 2.60. The highest BCUT2D eigenvalue weighted by Gasteiger charge is 2.29.